The molecule has 0 amide bonds. The van der Waals surface area contributed by atoms with Crippen molar-refractivity contribution in [3.63, 3.8) is 0 Å². The van der Waals surface area contributed by atoms with Crippen molar-refractivity contribution >= 4 is 10.9 Å². The molecule has 1 aromatic heterocycles. The second kappa shape index (κ2) is 6.89. The number of aliphatic hydroxyl groups is 1. The smallest absolute Gasteiger partial charge is 0.0843 e. The van der Waals surface area contributed by atoms with Crippen LogP contribution in [0.1, 0.15) is 55.3 Å². The second-order valence-electron chi connectivity index (χ2n) is 7.81. The fourth-order valence-electron chi connectivity index (χ4n) is 4.67. The van der Waals surface area contributed by atoms with Gasteiger partial charge in [-0.3, -0.25) is 0 Å². The van der Waals surface area contributed by atoms with Crippen molar-refractivity contribution in [2.45, 2.75) is 77.0 Å². The van der Waals surface area contributed by atoms with Gasteiger partial charge < -0.3 is 15.0 Å². The average molecular weight is 326 g/mol. The number of aliphatic hydroxyl groups excluding tert-OH is 1. The predicted molar refractivity (Wildman–Crippen MR) is 99.6 cm³/mol. The third kappa shape index (κ3) is 3.12. The summed E-state index contributed by atoms with van der Waals surface area (Å²) in [5.74, 6) is 0. The minimum absolute atomic E-state index is 0.312. The maximum absolute atomic E-state index is 10.6. The Morgan fingerprint density at radius 1 is 1.17 bits per heavy atom. The summed E-state index contributed by atoms with van der Waals surface area (Å²) in [6, 6.07) is 7.41. The number of fused-ring (bicyclic) bond motifs is 3. The lowest BCUT2D eigenvalue weighted by Gasteiger charge is -2.20. The Kier molecular flexibility index (Phi) is 4.64. The number of hydrogen-bond donors (Lipinski definition) is 2. The van der Waals surface area contributed by atoms with Crippen molar-refractivity contribution in [1.82, 2.24) is 9.88 Å². The number of benzene rings is 1. The van der Waals surface area contributed by atoms with Gasteiger partial charge in [-0.1, -0.05) is 24.5 Å². The van der Waals surface area contributed by atoms with E-state index in [1.165, 1.54) is 72.7 Å². The van der Waals surface area contributed by atoms with Gasteiger partial charge in [0.1, 0.15) is 0 Å². The molecule has 1 fully saturated rings. The Balaban J connectivity index is 1.56. The van der Waals surface area contributed by atoms with E-state index in [0.717, 1.165) is 6.42 Å². The van der Waals surface area contributed by atoms with Gasteiger partial charge in [0.2, 0.25) is 0 Å². The molecule has 0 aliphatic heterocycles. The van der Waals surface area contributed by atoms with Crippen molar-refractivity contribution in [2.75, 3.05) is 6.54 Å². The topological polar surface area (TPSA) is 37.2 Å². The quantitative estimate of drug-likeness (QED) is 0.878. The summed E-state index contributed by atoms with van der Waals surface area (Å²) in [6.07, 6.45) is 9.83. The number of hydrogen-bond acceptors (Lipinski definition) is 2. The molecule has 1 atom stereocenters. The molecule has 0 saturated heterocycles. The number of rotatable bonds is 5. The van der Waals surface area contributed by atoms with Crippen LogP contribution in [0.5, 0.6) is 0 Å². The van der Waals surface area contributed by atoms with Crippen molar-refractivity contribution < 1.29 is 5.11 Å². The number of nitrogens with zero attached hydrogens (tertiary/aromatic N) is 1. The summed E-state index contributed by atoms with van der Waals surface area (Å²) in [5.41, 5.74) is 5.65. The second-order valence-corrected chi connectivity index (χ2v) is 7.81. The molecule has 0 bridgehead atoms. The molecule has 4 rings (SSSR count). The molecule has 2 N–H and O–H groups in total. The van der Waals surface area contributed by atoms with E-state index < -0.39 is 0 Å². The highest BCUT2D eigenvalue weighted by Gasteiger charge is 2.22. The molecule has 2 aromatic rings. The molecular weight excluding hydrogens is 296 g/mol. The third-order valence-electron chi connectivity index (χ3n) is 5.92. The summed E-state index contributed by atoms with van der Waals surface area (Å²) in [4.78, 5) is 0. The first-order chi connectivity index (χ1) is 11.7. The van der Waals surface area contributed by atoms with E-state index in [4.69, 9.17) is 0 Å². The van der Waals surface area contributed by atoms with Gasteiger partial charge in [0.15, 0.2) is 0 Å². The van der Waals surface area contributed by atoms with Crippen LogP contribution in [0.3, 0.4) is 0 Å². The molecule has 1 saturated carbocycles. The summed E-state index contributed by atoms with van der Waals surface area (Å²) in [5, 5.41) is 15.6. The molecule has 1 heterocycles. The van der Waals surface area contributed by atoms with Crippen LogP contribution in [0.4, 0.5) is 0 Å². The van der Waals surface area contributed by atoms with Crippen LogP contribution in [-0.4, -0.2) is 28.4 Å². The molecule has 3 nitrogen and oxygen atoms in total. The highest BCUT2D eigenvalue weighted by molar-refractivity contribution is 5.86. The maximum Gasteiger partial charge on any atom is 0.0843 e. The van der Waals surface area contributed by atoms with Crippen molar-refractivity contribution in [2.24, 2.45) is 0 Å². The predicted octanol–water partition coefficient (Wildman–Crippen LogP) is 3.72. The van der Waals surface area contributed by atoms with Gasteiger partial charge in [-0.05, 0) is 63.1 Å². The zero-order valence-electron chi connectivity index (χ0n) is 14.9. The minimum atomic E-state index is -0.312. The summed E-state index contributed by atoms with van der Waals surface area (Å²) >= 11 is 0. The first-order valence-corrected chi connectivity index (χ1v) is 9.74. The first-order valence-electron chi connectivity index (χ1n) is 9.74. The minimum Gasteiger partial charge on any atom is -0.390 e. The fourth-order valence-corrected chi connectivity index (χ4v) is 4.67. The molecule has 2 aliphatic rings. The maximum atomic E-state index is 10.6. The normalized spacial score (nSPS) is 19.8. The lowest BCUT2D eigenvalue weighted by Crippen LogP contribution is -2.36. The first kappa shape index (κ1) is 16.2. The lowest BCUT2D eigenvalue weighted by molar-refractivity contribution is 0.147. The SMILES string of the molecule is Cc1ccc2c(c1)c1c(n2C[C@H](O)CNC2CCCC2)CCCC1. The van der Waals surface area contributed by atoms with E-state index in [1.807, 2.05) is 0 Å². The monoisotopic (exact) mass is 326 g/mol. The highest BCUT2D eigenvalue weighted by atomic mass is 16.3. The summed E-state index contributed by atoms with van der Waals surface area (Å²) < 4.78 is 2.41. The Morgan fingerprint density at radius 2 is 1.96 bits per heavy atom. The Bertz CT molecular complexity index is 712. The zero-order valence-corrected chi connectivity index (χ0v) is 14.9. The molecule has 130 valence electrons. The Morgan fingerprint density at radius 3 is 2.79 bits per heavy atom. The van der Waals surface area contributed by atoms with Gasteiger partial charge in [-0.2, -0.15) is 0 Å². The molecule has 24 heavy (non-hydrogen) atoms. The van der Waals surface area contributed by atoms with Crippen LogP contribution < -0.4 is 5.32 Å². The zero-order chi connectivity index (χ0) is 16.5. The standard InChI is InChI=1S/C21H30N2O/c1-15-10-11-21-19(12-15)18-8-4-5-9-20(18)23(21)14-17(24)13-22-16-6-2-3-7-16/h10-12,16-17,22,24H,2-9,13-14H2,1H3/t17-/m1/s1. The molecular formula is C21H30N2O. The number of aryl methyl sites for hydroxylation is 2. The van der Waals surface area contributed by atoms with Gasteiger partial charge >= 0.3 is 0 Å². The van der Waals surface area contributed by atoms with Crippen LogP contribution in [0, 0.1) is 6.92 Å². The van der Waals surface area contributed by atoms with Crippen LogP contribution in [0.25, 0.3) is 10.9 Å². The summed E-state index contributed by atoms with van der Waals surface area (Å²) in [6.45, 7) is 3.60. The molecule has 0 spiro atoms. The van der Waals surface area contributed by atoms with E-state index in [9.17, 15) is 5.11 Å². The molecule has 1 aromatic carbocycles. The fraction of sp³-hybridized carbons (Fsp3) is 0.619. The van der Waals surface area contributed by atoms with Crippen molar-refractivity contribution in [3.05, 3.63) is 35.0 Å². The van der Waals surface area contributed by atoms with Gasteiger partial charge in [0, 0.05) is 29.2 Å². The van der Waals surface area contributed by atoms with Gasteiger partial charge in [-0.15, -0.1) is 0 Å². The number of aromatic nitrogens is 1. The number of nitrogens with one attached hydrogen (secondary N) is 1. The van der Waals surface area contributed by atoms with E-state index in [0.29, 0.717) is 19.1 Å². The Hall–Kier alpha value is -1.32. The third-order valence-corrected chi connectivity index (χ3v) is 5.92. The van der Waals surface area contributed by atoms with Crippen LogP contribution in [0.15, 0.2) is 18.2 Å². The van der Waals surface area contributed by atoms with E-state index in [1.54, 1.807) is 0 Å². The van der Waals surface area contributed by atoms with Crippen LogP contribution in [0.2, 0.25) is 0 Å². The lowest BCUT2D eigenvalue weighted by atomic mass is 9.95. The van der Waals surface area contributed by atoms with Gasteiger partial charge in [-0.25, -0.2) is 0 Å². The van der Waals surface area contributed by atoms with Crippen LogP contribution in [-0.2, 0) is 19.4 Å². The highest BCUT2D eigenvalue weighted by Crippen LogP contribution is 2.33. The van der Waals surface area contributed by atoms with Crippen molar-refractivity contribution in [3.8, 4) is 0 Å². The van der Waals surface area contributed by atoms with E-state index >= 15 is 0 Å². The van der Waals surface area contributed by atoms with E-state index in [2.05, 4.69) is 35.0 Å². The van der Waals surface area contributed by atoms with Crippen molar-refractivity contribution in [1.29, 1.82) is 0 Å². The molecule has 0 radical (unpaired) electrons. The molecule has 0 unspecified atom stereocenters. The average Bonchev–Trinajstić information content (AvgIpc) is 3.21. The Labute approximate surface area is 145 Å². The molecule has 3 heteroatoms. The largest absolute Gasteiger partial charge is 0.390 e. The van der Waals surface area contributed by atoms with Gasteiger partial charge in [0.25, 0.3) is 0 Å². The van der Waals surface area contributed by atoms with Crippen LogP contribution >= 0.6 is 0 Å². The van der Waals surface area contributed by atoms with E-state index in [-0.39, 0.29) is 6.10 Å². The van der Waals surface area contributed by atoms with Gasteiger partial charge in [0.05, 0.1) is 12.6 Å². The molecule has 2 aliphatic carbocycles. The summed E-state index contributed by atoms with van der Waals surface area (Å²) in [7, 11) is 0.